The number of aromatic nitrogens is 1. The van der Waals surface area contributed by atoms with Crippen LogP contribution in [0.15, 0.2) is 60.8 Å². The molecule has 1 atom stereocenters. The fraction of sp³-hybridized carbons (Fsp3) is 0.464. The van der Waals surface area contributed by atoms with Gasteiger partial charge in [-0.15, -0.1) is 0 Å². The molecule has 0 aliphatic heterocycles. The normalized spacial score (nSPS) is 22.5. The summed E-state index contributed by atoms with van der Waals surface area (Å²) in [6.07, 6.45) is 4.52. The van der Waals surface area contributed by atoms with E-state index in [0.717, 1.165) is 42.1 Å². The van der Waals surface area contributed by atoms with Crippen LogP contribution in [0.25, 0.3) is 10.9 Å². The summed E-state index contributed by atoms with van der Waals surface area (Å²) in [6, 6.07) is 18.4. The molecule has 4 rings (SSSR count). The third kappa shape index (κ3) is 4.57. The molecule has 1 saturated carbocycles. The van der Waals surface area contributed by atoms with Crippen molar-refractivity contribution in [1.29, 1.82) is 0 Å². The monoisotopic (exact) mass is 448 g/mol. The van der Waals surface area contributed by atoms with Gasteiger partial charge in [-0.05, 0) is 78.1 Å². The van der Waals surface area contributed by atoms with Crippen LogP contribution in [0.1, 0.15) is 63.7 Å². The van der Waals surface area contributed by atoms with Gasteiger partial charge in [0, 0.05) is 22.7 Å². The Hall–Kier alpha value is -2.63. The molecule has 1 unspecified atom stereocenters. The van der Waals surface area contributed by atoms with Crippen molar-refractivity contribution in [3.63, 3.8) is 0 Å². The maximum atomic E-state index is 12.9. The van der Waals surface area contributed by atoms with E-state index in [0.29, 0.717) is 0 Å². The number of carbonyl (C=O) groups excluding carboxylic acids is 1. The van der Waals surface area contributed by atoms with Crippen molar-refractivity contribution >= 4 is 17.0 Å². The molecule has 5 nitrogen and oxygen atoms in total. The molecule has 1 aliphatic carbocycles. The number of carbonyl (C=O) groups is 1. The van der Waals surface area contributed by atoms with Gasteiger partial charge in [-0.3, -0.25) is 9.47 Å². The third-order valence-corrected chi connectivity index (χ3v) is 7.12. The van der Waals surface area contributed by atoms with Gasteiger partial charge in [0.1, 0.15) is 5.60 Å². The van der Waals surface area contributed by atoms with Gasteiger partial charge in [0.25, 0.3) is 0 Å². The Labute approximate surface area is 197 Å². The minimum atomic E-state index is -0.630. The van der Waals surface area contributed by atoms with E-state index in [9.17, 15) is 9.90 Å². The van der Waals surface area contributed by atoms with Gasteiger partial charge in [-0.25, -0.2) is 4.79 Å². The van der Waals surface area contributed by atoms with Crippen molar-refractivity contribution in [2.75, 3.05) is 14.1 Å². The lowest BCUT2D eigenvalue weighted by molar-refractivity contribution is 0.0230. The van der Waals surface area contributed by atoms with Crippen molar-refractivity contribution in [2.45, 2.75) is 63.7 Å². The largest absolute Gasteiger partial charge is 0.443 e. The summed E-state index contributed by atoms with van der Waals surface area (Å²) in [5.41, 5.74) is 2.31. The van der Waals surface area contributed by atoms with E-state index < -0.39 is 17.8 Å². The van der Waals surface area contributed by atoms with Gasteiger partial charge in [-0.1, -0.05) is 48.5 Å². The Bertz CT molecular complexity index is 1100. The molecular formula is C28H36N2O3. The average Bonchev–Trinajstić information content (AvgIpc) is 3.18. The van der Waals surface area contributed by atoms with Gasteiger partial charge in [-0.2, -0.15) is 0 Å². The first-order valence-electron chi connectivity index (χ1n) is 11.9. The maximum Gasteiger partial charge on any atom is 0.419 e. The third-order valence-electron chi connectivity index (χ3n) is 7.12. The van der Waals surface area contributed by atoms with Crippen LogP contribution >= 0.6 is 0 Å². The Morgan fingerprint density at radius 2 is 1.67 bits per heavy atom. The molecule has 0 amide bonds. The van der Waals surface area contributed by atoms with Crippen LogP contribution in [0.5, 0.6) is 0 Å². The summed E-state index contributed by atoms with van der Waals surface area (Å²) in [5, 5.41) is 12.4. The molecule has 1 heterocycles. The minimum absolute atomic E-state index is 0.0119. The fourth-order valence-corrected chi connectivity index (χ4v) is 5.33. The lowest BCUT2D eigenvalue weighted by Gasteiger charge is -2.46. The smallest absolute Gasteiger partial charge is 0.419 e. The molecule has 1 aliphatic rings. The molecule has 1 N–H and O–H groups in total. The van der Waals surface area contributed by atoms with Gasteiger partial charge in [0.05, 0.1) is 11.6 Å². The molecule has 0 radical (unpaired) electrons. The first-order chi connectivity index (χ1) is 15.6. The topological polar surface area (TPSA) is 54.7 Å². The van der Waals surface area contributed by atoms with Gasteiger partial charge >= 0.3 is 6.09 Å². The van der Waals surface area contributed by atoms with Crippen LogP contribution in [0.4, 0.5) is 4.79 Å². The number of aliphatic hydroxyl groups is 1. The highest BCUT2D eigenvalue weighted by Gasteiger charge is 2.41. The quantitative estimate of drug-likeness (QED) is 0.524. The molecule has 33 heavy (non-hydrogen) atoms. The summed E-state index contributed by atoms with van der Waals surface area (Å²) < 4.78 is 7.15. The van der Waals surface area contributed by atoms with Crippen LogP contribution < -0.4 is 0 Å². The number of rotatable bonds is 4. The molecular weight excluding hydrogens is 412 g/mol. The number of nitrogens with zero attached hydrogens (tertiary/aromatic N) is 2. The molecule has 3 aromatic rings. The van der Waals surface area contributed by atoms with E-state index in [1.807, 2.05) is 45.0 Å². The van der Waals surface area contributed by atoms with Crippen LogP contribution in [0, 0.1) is 5.92 Å². The van der Waals surface area contributed by atoms with Crippen molar-refractivity contribution in [1.82, 2.24) is 9.47 Å². The summed E-state index contributed by atoms with van der Waals surface area (Å²) in [4.78, 5) is 15.2. The first kappa shape index (κ1) is 23.5. The van der Waals surface area contributed by atoms with Crippen molar-refractivity contribution < 1.29 is 14.6 Å². The van der Waals surface area contributed by atoms with Crippen LogP contribution in [0.3, 0.4) is 0 Å². The number of ether oxygens (including phenoxy) is 1. The van der Waals surface area contributed by atoms with E-state index in [1.165, 1.54) is 10.1 Å². The lowest BCUT2D eigenvalue weighted by atomic mass is 9.70. The maximum absolute atomic E-state index is 12.9. The van der Waals surface area contributed by atoms with E-state index in [4.69, 9.17) is 4.74 Å². The standard InChI is InChI=1S/C28H36N2O3/c1-27(2,3)33-26(32)30-19-23(22-13-9-10-14-24(22)30)25(31)20-15-17-28(18-16-20,29(4)5)21-11-7-6-8-12-21/h6-14,19-20,25,31H,15-18H2,1-5H3. The molecule has 1 aromatic heterocycles. The van der Waals surface area contributed by atoms with Crippen molar-refractivity contribution in [3.8, 4) is 0 Å². The Balaban J connectivity index is 1.60. The summed E-state index contributed by atoms with van der Waals surface area (Å²) in [5.74, 6) is 0.139. The number of para-hydroxylation sites is 1. The molecule has 1 fully saturated rings. The fourth-order valence-electron chi connectivity index (χ4n) is 5.33. The van der Waals surface area contributed by atoms with Crippen molar-refractivity contribution in [2.24, 2.45) is 5.92 Å². The molecule has 0 spiro atoms. The number of hydrogen-bond donors (Lipinski definition) is 1. The summed E-state index contributed by atoms with van der Waals surface area (Å²) in [7, 11) is 4.30. The van der Waals surface area contributed by atoms with E-state index in [-0.39, 0.29) is 11.5 Å². The van der Waals surface area contributed by atoms with E-state index in [2.05, 4.69) is 49.3 Å². The van der Waals surface area contributed by atoms with E-state index >= 15 is 0 Å². The predicted octanol–water partition coefficient (Wildman–Crippen LogP) is 6.11. The van der Waals surface area contributed by atoms with Crippen molar-refractivity contribution in [3.05, 3.63) is 71.9 Å². The molecule has 176 valence electrons. The Morgan fingerprint density at radius 3 is 2.27 bits per heavy atom. The predicted molar refractivity (Wildman–Crippen MR) is 132 cm³/mol. The van der Waals surface area contributed by atoms with E-state index in [1.54, 1.807) is 6.20 Å². The second kappa shape index (κ2) is 8.96. The number of benzene rings is 2. The van der Waals surface area contributed by atoms with Gasteiger partial charge in [0.2, 0.25) is 0 Å². The minimum Gasteiger partial charge on any atom is -0.443 e. The zero-order chi connectivity index (χ0) is 23.8. The summed E-state index contributed by atoms with van der Waals surface area (Å²) in [6.45, 7) is 5.58. The second-order valence-electron chi connectivity index (χ2n) is 10.5. The Morgan fingerprint density at radius 1 is 1.06 bits per heavy atom. The van der Waals surface area contributed by atoms with Crippen LogP contribution in [-0.4, -0.2) is 40.4 Å². The number of fused-ring (bicyclic) bond motifs is 1. The van der Waals surface area contributed by atoms with Gasteiger partial charge < -0.3 is 9.84 Å². The lowest BCUT2D eigenvalue weighted by Crippen LogP contribution is -2.45. The van der Waals surface area contributed by atoms with Crippen LogP contribution in [-0.2, 0) is 10.3 Å². The highest BCUT2D eigenvalue weighted by molar-refractivity contribution is 5.92. The number of hydrogen-bond acceptors (Lipinski definition) is 4. The molecule has 2 aromatic carbocycles. The highest BCUT2D eigenvalue weighted by Crippen LogP contribution is 2.47. The average molecular weight is 449 g/mol. The SMILES string of the molecule is CN(C)C1(c2ccccc2)CCC(C(O)c2cn(C(=O)OC(C)(C)C)c3ccccc23)CC1. The zero-order valence-electron chi connectivity index (χ0n) is 20.4. The number of aliphatic hydroxyl groups excluding tert-OH is 1. The Kier molecular flexibility index (Phi) is 6.39. The first-order valence-corrected chi connectivity index (χ1v) is 11.9. The van der Waals surface area contributed by atoms with Gasteiger partial charge in [0.15, 0.2) is 0 Å². The van der Waals surface area contributed by atoms with Crippen LogP contribution in [0.2, 0.25) is 0 Å². The molecule has 0 saturated heterocycles. The highest BCUT2D eigenvalue weighted by atomic mass is 16.6. The second-order valence-corrected chi connectivity index (χ2v) is 10.5. The zero-order valence-corrected chi connectivity index (χ0v) is 20.4. The molecule has 0 bridgehead atoms. The summed E-state index contributed by atoms with van der Waals surface area (Å²) >= 11 is 0. The molecule has 5 heteroatoms.